The zero-order valence-electron chi connectivity index (χ0n) is 13.4. The minimum absolute atomic E-state index is 0.000847. The summed E-state index contributed by atoms with van der Waals surface area (Å²) in [5.74, 6) is -1.35. The summed E-state index contributed by atoms with van der Waals surface area (Å²) in [7, 11) is 1.61. The molecule has 2 rings (SSSR count). The van der Waals surface area contributed by atoms with E-state index in [1.54, 1.807) is 31.3 Å². The van der Waals surface area contributed by atoms with Gasteiger partial charge in [-0.05, 0) is 49.5 Å². The number of anilines is 2. The van der Waals surface area contributed by atoms with E-state index < -0.39 is 11.7 Å². The Morgan fingerprint density at radius 3 is 2.12 bits per heavy atom. The van der Waals surface area contributed by atoms with E-state index in [4.69, 9.17) is 23.2 Å². The molecule has 2 aromatic carbocycles. The van der Waals surface area contributed by atoms with Gasteiger partial charge in [0.15, 0.2) is 0 Å². The summed E-state index contributed by atoms with van der Waals surface area (Å²) in [6.45, 7) is -0.0742. The summed E-state index contributed by atoms with van der Waals surface area (Å²) in [5, 5.41) is 5.94. The van der Waals surface area contributed by atoms with Crippen molar-refractivity contribution in [3.8, 4) is 0 Å². The fourth-order valence-electron chi connectivity index (χ4n) is 2.06. The highest BCUT2D eigenvalue weighted by molar-refractivity contribution is 6.31. The van der Waals surface area contributed by atoms with Gasteiger partial charge in [-0.15, -0.1) is 0 Å². The quantitative estimate of drug-likeness (QED) is 0.800. The highest BCUT2D eigenvalue weighted by Crippen LogP contribution is 2.18. The van der Waals surface area contributed by atoms with Crippen molar-refractivity contribution in [1.82, 2.24) is 4.90 Å². The molecule has 0 aromatic heterocycles. The molecule has 2 N–H and O–H groups in total. The lowest BCUT2D eigenvalue weighted by Gasteiger charge is -2.16. The van der Waals surface area contributed by atoms with Crippen LogP contribution in [-0.4, -0.2) is 36.9 Å². The Morgan fingerprint density at radius 1 is 0.960 bits per heavy atom. The van der Waals surface area contributed by atoms with Crippen molar-refractivity contribution in [3.63, 3.8) is 0 Å². The molecule has 0 radical (unpaired) electrons. The molecule has 2 amide bonds. The fourth-order valence-corrected chi connectivity index (χ4v) is 2.35. The molecular weight excluding hydrogens is 368 g/mol. The maximum atomic E-state index is 13.6. The number of likely N-dealkylation sites (N-methyl/N-ethyl adjacent to an activating group) is 1. The van der Waals surface area contributed by atoms with E-state index in [2.05, 4.69) is 10.6 Å². The van der Waals surface area contributed by atoms with Crippen LogP contribution < -0.4 is 10.6 Å². The Morgan fingerprint density at radius 2 is 1.52 bits per heavy atom. The predicted molar refractivity (Wildman–Crippen MR) is 97.6 cm³/mol. The van der Waals surface area contributed by atoms with Gasteiger partial charge in [-0.2, -0.15) is 0 Å². The van der Waals surface area contributed by atoms with Gasteiger partial charge in [-0.3, -0.25) is 14.5 Å². The largest absolute Gasteiger partial charge is 0.325 e. The van der Waals surface area contributed by atoms with Crippen LogP contribution in [0, 0.1) is 5.82 Å². The molecule has 0 saturated heterocycles. The molecule has 0 aliphatic carbocycles. The first-order valence-electron chi connectivity index (χ1n) is 7.32. The van der Waals surface area contributed by atoms with E-state index in [-0.39, 0.29) is 29.7 Å². The molecule has 0 atom stereocenters. The molecule has 0 saturated carbocycles. The summed E-state index contributed by atoms with van der Waals surface area (Å²) in [5.41, 5.74) is 0.643. The summed E-state index contributed by atoms with van der Waals surface area (Å²) >= 11 is 11.4. The number of carbonyl (C=O) groups is 2. The Bertz CT molecular complexity index is 769. The Hall–Kier alpha value is -2.15. The minimum Gasteiger partial charge on any atom is -0.325 e. The Labute approximate surface area is 154 Å². The lowest BCUT2D eigenvalue weighted by Crippen LogP contribution is -2.36. The average molecular weight is 384 g/mol. The zero-order valence-corrected chi connectivity index (χ0v) is 14.9. The SMILES string of the molecule is CN(CC(=O)Nc1ccc(Cl)cc1)CC(=O)Nc1ccc(Cl)cc1F. The van der Waals surface area contributed by atoms with E-state index >= 15 is 0 Å². The van der Waals surface area contributed by atoms with Crippen LogP contribution in [0.1, 0.15) is 0 Å². The third-order valence-electron chi connectivity index (χ3n) is 3.16. The minimum atomic E-state index is -0.621. The standard InChI is InChI=1S/C17H16Cl2FN3O2/c1-23(9-16(24)21-13-5-2-11(18)3-6-13)10-17(25)22-15-7-4-12(19)8-14(15)20/h2-8H,9-10H2,1H3,(H,21,24)(H,22,25). The lowest BCUT2D eigenvalue weighted by molar-refractivity contribution is -0.119. The average Bonchev–Trinajstić information content (AvgIpc) is 2.52. The van der Waals surface area contributed by atoms with E-state index in [1.807, 2.05) is 0 Å². The molecule has 0 bridgehead atoms. The second-order valence-corrected chi connectivity index (χ2v) is 6.27. The van der Waals surface area contributed by atoms with Crippen molar-refractivity contribution in [2.75, 3.05) is 30.8 Å². The number of carbonyl (C=O) groups excluding carboxylic acids is 2. The van der Waals surface area contributed by atoms with Gasteiger partial charge in [-0.1, -0.05) is 23.2 Å². The molecule has 25 heavy (non-hydrogen) atoms. The van der Waals surface area contributed by atoms with E-state index in [1.165, 1.54) is 17.0 Å². The van der Waals surface area contributed by atoms with Gasteiger partial charge in [0, 0.05) is 15.7 Å². The lowest BCUT2D eigenvalue weighted by atomic mass is 10.3. The number of hydrogen-bond donors (Lipinski definition) is 2. The number of halogens is 3. The van der Waals surface area contributed by atoms with Crippen LogP contribution in [0.3, 0.4) is 0 Å². The number of nitrogens with zero attached hydrogens (tertiary/aromatic N) is 1. The smallest absolute Gasteiger partial charge is 0.238 e. The first-order valence-corrected chi connectivity index (χ1v) is 8.08. The van der Waals surface area contributed by atoms with Crippen molar-refractivity contribution < 1.29 is 14.0 Å². The van der Waals surface area contributed by atoms with Crippen LogP contribution in [0.2, 0.25) is 10.0 Å². The van der Waals surface area contributed by atoms with Gasteiger partial charge in [0.2, 0.25) is 11.8 Å². The van der Waals surface area contributed by atoms with Crippen molar-refractivity contribution in [2.24, 2.45) is 0 Å². The van der Waals surface area contributed by atoms with Gasteiger partial charge < -0.3 is 10.6 Å². The van der Waals surface area contributed by atoms with Crippen molar-refractivity contribution in [2.45, 2.75) is 0 Å². The first-order chi connectivity index (χ1) is 11.8. The van der Waals surface area contributed by atoms with Gasteiger partial charge >= 0.3 is 0 Å². The Balaban J connectivity index is 1.82. The highest BCUT2D eigenvalue weighted by atomic mass is 35.5. The van der Waals surface area contributed by atoms with Crippen LogP contribution in [0.4, 0.5) is 15.8 Å². The number of hydrogen-bond acceptors (Lipinski definition) is 3. The molecule has 132 valence electrons. The van der Waals surface area contributed by atoms with Crippen molar-refractivity contribution >= 4 is 46.4 Å². The van der Waals surface area contributed by atoms with Gasteiger partial charge in [0.25, 0.3) is 0 Å². The summed E-state index contributed by atoms with van der Waals surface area (Å²) in [4.78, 5) is 25.4. The highest BCUT2D eigenvalue weighted by Gasteiger charge is 2.13. The fraction of sp³-hybridized carbons (Fsp3) is 0.176. The van der Waals surface area contributed by atoms with E-state index in [0.717, 1.165) is 6.07 Å². The van der Waals surface area contributed by atoms with Crippen LogP contribution in [-0.2, 0) is 9.59 Å². The first kappa shape index (κ1) is 19.2. The van der Waals surface area contributed by atoms with Crippen LogP contribution >= 0.6 is 23.2 Å². The molecule has 0 unspecified atom stereocenters. The molecular formula is C17H16Cl2FN3O2. The maximum Gasteiger partial charge on any atom is 0.238 e. The third-order valence-corrected chi connectivity index (χ3v) is 3.65. The predicted octanol–water partition coefficient (Wildman–Crippen LogP) is 3.64. The molecule has 0 aliphatic rings. The normalized spacial score (nSPS) is 10.6. The van der Waals surface area contributed by atoms with Crippen LogP contribution in [0.5, 0.6) is 0 Å². The van der Waals surface area contributed by atoms with Gasteiger partial charge in [0.05, 0.1) is 18.8 Å². The summed E-state index contributed by atoms with van der Waals surface area (Å²) in [6, 6.07) is 10.6. The topological polar surface area (TPSA) is 61.4 Å². The molecule has 5 nitrogen and oxygen atoms in total. The number of benzene rings is 2. The second-order valence-electron chi connectivity index (χ2n) is 5.40. The molecule has 2 aromatic rings. The van der Waals surface area contributed by atoms with Gasteiger partial charge in [0.1, 0.15) is 5.82 Å². The molecule has 0 aliphatic heterocycles. The van der Waals surface area contributed by atoms with Crippen molar-refractivity contribution in [3.05, 3.63) is 58.3 Å². The van der Waals surface area contributed by atoms with Crippen LogP contribution in [0.15, 0.2) is 42.5 Å². The van der Waals surface area contributed by atoms with Crippen molar-refractivity contribution in [1.29, 1.82) is 0 Å². The summed E-state index contributed by atoms with van der Waals surface area (Å²) in [6.07, 6.45) is 0. The second kappa shape index (κ2) is 8.80. The third kappa shape index (κ3) is 6.34. The maximum absolute atomic E-state index is 13.6. The summed E-state index contributed by atoms with van der Waals surface area (Å²) < 4.78 is 13.6. The number of rotatable bonds is 6. The van der Waals surface area contributed by atoms with E-state index in [9.17, 15) is 14.0 Å². The zero-order chi connectivity index (χ0) is 18.4. The van der Waals surface area contributed by atoms with Crippen LogP contribution in [0.25, 0.3) is 0 Å². The molecule has 0 fully saturated rings. The number of amides is 2. The Kier molecular flexibility index (Phi) is 6.75. The number of nitrogens with one attached hydrogen (secondary N) is 2. The molecule has 0 spiro atoms. The van der Waals surface area contributed by atoms with Gasteiger partial charge in [-0.25, -0.2) is 4.39 Å². The molecule has 8 heteroatoms. The monoisotopic (exact) mass is 383 g/mol. The molecule has 0 heterocycles. The van der Waals surface area contributed by atoms with E-state index in [0.29, 0.717) is 10.7 Å².